The maximum absolute atomic E-state index is 5.96. The topological polar surface area (TPSA) is 30.9 Å². The molecule has 0 aromatic rings. The Hall–Kier alpha value is -0.355. The fourth-order valence-corrected chi connectivity index (χ4v) is 1.94. The highest BCUT2D eigenvalue weighted by molar-refractivity contribution is 6.38. The van der Waals surface area contributed by atoms with E-state index in [-0.39, 0.29) is 17.6 Å². The van der Waals surface area contributed by atoms with Crippen molar-refractivity contribution in [3.05, 3.63) is 11.5 Å². The van der Waals surface area contributed by atoms with Gasteiger partial charge in [0.15, 0.2) is 0 Å². The van der Waals surface area contributed by atoms with Gasteiger partial charge in [-0.3, -0.25) is 4.90 Å². The van der Waals surface area contributed by atoms with Crippen LogP contribution in [0.5, 0.6) is 0 Å². The first kappa shape index (κ1) is 19.7. The summed E-state index contributed by atoms with van der Waals surface area (Å²) in [5, 5.41) is 0. The predicted octanol–water partition coefficient (Wildman–Crippen LogP) is 3.39. The zero-order valence-corrected chi connectivity index (χ0v) is 15.6. The van der Waals surface area contributed by atoms with Gasteiger partial charge in [0.2, 0.25) is 6.41 Å². The summed E-state index contributed by atoms with van der Waals surface area (Å²) in [7, 11) is 3.61. The van der Waals surface area contributed by atoms with Crippen LogP contribution in [0.2, 0.25) is 0 Å². The van der Waals surface area contributed by atoms with Gasteiger partial charge >= 0.3 is 7.48 Å². The molecule has 0 fully saturated rings. The zero-order valence-electron chi connectivity index (χ0n) is 15.6. The molecule has 0 aromatic heterocycles. The van der Waals surface area contributed by atoms with E-state index < -0.39 is 0 Å². The normalized spacial score (nSPS) is 19.2. The lowest BCUT2D eigenvalue weighted by molar-refractivity contribution is -0.250. The standard InChI is InChI=1S/C17H33BNO3/c1-13(2)17(6,7)22-18-14-9-11-19(12-10-14)15(20-8)21-16(3,4)5/h9,13,15H,10-12H2,1-8H3. The van der Waals surface area contributed by atoms with Crippen LogP contribution in [-0.2, 0) is 14.1 Å². The van der Waals surface area contributed by atoms with Crippen molar-refractivity contribution in [2.45, 2.75) is 72.5 Å². The Morgan fingerprint density at radius 2 is 1.82 bits per heavy atom. The first-order chi connectivity index (χ1) is 10.0. The molecule has 0 aromatic carbocycles. The summed E-state index contributed by atoms with van der Waals surface area (Å²) >= 11 is 0. The molecule has 1 unspecified atom stereocenters. The molecule has 5 heteroatoms. The summed E-state index contributed by atoms with van der Waals surface area (Å²) < 4.78 is 17.4. The van der Waals surface area contributed by atoms with Gasteiger partial charge in [-0.15, -0.1) is 0 Å². The first-order valence-electron chi connectivity index (χ1n) is 8.20. The third-order valence-corrected chi connectivity index (χ3v) is 4.13. The van der Waals surface area contributed by atoms with E-state index in [0.29, 0.717) is 5.92 Å². The summed E-state index contributed by atoms with van der Waals surface area (Å²) in [5.74, 6) is 0.475. The molecule has 0 N–H and O–H groups in total. The first-order valence-corrected chi connectivity index (χ1v) is 8.20. The van der Waals surface area contributed by atoms with Crippen LogP contribution in [0.3, 0.4) is 0 Å². The van der Waals surface area contributed by atoms with E-state index in [1.54, 1.807) is 7.11 Å². The van der Waals surface area contributed by atoms with Gasteiger partial charge in [-0.25, -0.2) is 0 Å². The van der Waals surface area contributed by atoms with Crippen molar-refractivity contribution in [3.63, 3.8) is 0 Å². The summed E-state index contributed by atoms with van der Waals surface area (Å²) in [6.07, 6.45) is 2.84. The fourth-order valence-electron chi connectivity index (χ4n) is 1.94. The molecule has 1 aliphatic rings. The molecule has 4 nitrogen and oxygen atoms in total. The minimum absolute atomic E-state index is 0.137. The summed E-state index contributed by atoms with van der Waals surface area (Å²) in [5.41, 5.74) is 0.888. The monoisotopic (exact) mass is 310 g/mol. The van der Waals surface area contributed by atoms with Crippen LogP contribution in [0.25, 0.3) is 0 Å². The Balaban J connectivity index is 2.51. The second-order valence-electron chi connectivity index (χ2n) is 7.79. The maximum atomic E-state index is 5.96. The lowest BCUT2D eigenvalue weighted by Gasteiger charge is -2.36. The second kappa shape index (κ2) is 7.96. The summed E-state index contributed by atoms with van der Waals surface area (Å²) in [4.78, 5) is 2.19. The van der Waals surface area contributed by atoms with Gasteiger partial charge in [-0.2, -0.15) is 0 Å². The average Bonchev–Trinajstić information content (AvgIpc) is 2.42. The SMILES string of the molecule is COC(OC(C)(C)C)N1CC=C([B]OC(C)(C)C(C)C)CC1. The maximum Gasteiger partial charge on any atom is 0.326 e. The fraction of sp³-hybridized carbons (Fsp3) is 0.882. The largest absolute Gasteiger partial charge is 0.430 e. The average molecular weight is 310 g/mol. The molecule has 1 atom stereocenters. The quantitative estimate of drug-likeness (QED) is 0.533. The minimum Gasteiger partial charge on any atom is -0.430 e. The number of nitrogens with zero attached hydrogens (tertiary/aromatic N) is 1. The minimum atomic E-state index is -0.300. The molecular weight excluding hydrogens is 277 g/mol. The van der Waals surface area contributed by atoms with Gasteiger partial charge in [-0.1, -0.05) is 25.4 Å². The highest BCUT2D eigenvalue weighted by Gasteiger charge is 2.28. The van der Waals surface area contributed by atoms with Gasteiger partial charge in [0.05, 0.1) is 5.60 Å². The van der Waals surface area contributed by atoms with Crippen molar-refractivity contribution in [2.75, 3.05) is 20.2 Å². The molecule has 1 radical (unpaired) electrons. The van der Waals surface area contributed by atoms with Crippen LogP contribution in [0.4, 0.5) is 0 Å². The van der Waals surface area contributed by atoms with Crippen molar-refractivity contribution in [2.24, 2.45) is 5.92 Å². The molecule has 1 rings (SSSR count). The van der Waals surface area contributed by atoms with Gasteiger partial charge in [-0.05, 0) is 47.0 Å². The molecule has 0 saturated heterocycles. The highest BCUT2D eigenvalue weighted by atomic mass is 16.7. The van der Waals surface area contributed by atoms with Crippen LogP contribution in [-0.4, -0.2) is 50.2 Å². The van der Waals surface area contributed by atoms with Crippen LogP contribution in [0.1, 0.15) is 54.9 Å². The van der Waals surface area contributed by atoms with Crippen LogP contribution in [0, 0.1) is 5.92 Å². The smallest absolute Gasteiger partial charge is 0.326 e. The molecule has 127 valence electrons. The molecule has 0 bridgehead atoms. The lowest BCUT2D eigenvalue weighted by Crippen LogP contribution is -2.45. The Labute approximate surface area is 137 Å². The number of methoxy groups -OCH3 is 1. The van der Waals surface area contributed by atoms with Gasteiger partial charge < -0.3 is 14.1 Å². The lowest BCUT2D eigenvalue weighted by atomic mass is 9.80. The molecule has 1 heterocycles. The third-order valence-electron chi connectivity index (χ3n) is 4.13. The van der Waals surface area contributed by atoms with E-state index in [9.17, 15) is 0 Å². The molecule has 0 spiro atoms. The molecule has 22 heavy (non-hydrogen) atoms. The van der Waals surface area contributed by atoms with Crippen LogP contribution in [0.15, 0.2) is 11.5 Å². The molecule has 1 aliphatic heterocycles. The van der Waals surface area contributed by atoms with Crippen LogP contribution < -0.4 is 0 Å². The Morgan fingerprint density at radius 3 is 2.23 bits per heavy atom. The second-order valence-corrected chi connectivity index (χ2v) is 7.79. The molecule has 0 saturated carbocycles. The highest BCUT2D eigenvalue weighted by Crippen LogP contribution is 2.23. The number of ether oxygens (including phenoxy) is 2. The Kier molecular flexibility index (Phi) is 7.12. The third kappa shape index (κ3) is 6.41. The van der Waals surface area contributed by atoms with E-state index in [4.69, 9.17) is 14.1 Å². The Morgan fingerprint density at radius 1 is 1.18 bits per heavy atom. The number of hydrogen-bond donors (Lipinski definition) is 0. The van der Waals surface area contributed by atoms with Gasteiger partial charge in [0, 0.05) is 25.8 Å². The van der Waals surface area contributed by atoms with E-state index in [1.807, 2.05) is 28.3 Å². The van der Waals surface area contributed by atoms with Crippen LogP contribution >= 0.6 is 0 Å². The van der Waals surface area contributed by atoms with Crippen molar-refractivity contribution in [3.8, 4) is 0 Å². The van der Waals surface area contributed by atoms with Crippen molar-refractivity contribution in [1.82, 2.24) is 4.90 Å². The van der Waals surface area contributed by atoms with E-state index in [0.717, 1.165) is 19.5 Å². The van der Waals surface area contributed by atoms with Crippen molar-refractivity contribution >= 4 is 7.48 Å². The van der Waals surface area contributed by atoms with Gasteiger partial charge in [0.1, 0.15) is 0 Å². The molecule has 0 amide bonds. The van der Waals surface area contributed by atoms with E-state index in [1.165, 1.54) is 5.47 Å². The van der Waals surface area contributed by atoms with Crippen molar-refractivity contribution < 1.29 is 14.1 Å². The van der Waals surface area contributed by atoms with E-state index >= 15 is 0 Å². The predicted molar refractivity (Wildman–Crippen MR) is 91.7 cm³/mol. The molecular formula is C17H33BNO3. The van der Waals surface area contributed by atoms with Crippen molar-refractivity contribution in [1.29, 1.82) is 0 Å². The summed E-state index contributed by atoms with van der Waals surface area (Å²) in [6.45, 7) is 16.5. The summed E-state index contributed by atoms with van der Waals surface area (Å²) in [6, 6.07) is 0. The molecule has 0 aliphatic carbocycles. The van der Waals surface area contributed by atoms with E-state index in [2.05, 4.69) is 38.7 Å². The number of rotatable bonds is 7. The number of hydrogen-bond acceptors (Lipinski definition) is 4. The zero-order chi connectivity index (χ0) is 17.0. The Bertz CT molecular complexity index is 375. The van der Waals surface area contributed by atoms with Gasteiger partial charge in [0.25, 0.3) is 0 Å².